The van der Waals surface area contributed by atoms with Crippen molar-refractivity contribution in [3.05, 3.63) is 71.3 Å². The van der Waals surface area contributed by atoms with Crippen LogP contribution in [0.15, 0.2) is 48.5 Å². The van der Waals surface area contributed by atoms with E-state index in [2.05, 4.69) is 10.6 Å². The number of hydrogen-bond acceptors (Lipinski definition) is 3. The second kappa shape index (κ2) is 8.61. The molecule has 3 rings (SSSR count). The van der Waals surface area contributed by atoms with Crippen LogP contribution in [0.2, 0.25) is 0 Å². The first-order valence-corrected chi connectivity index (χ1v) is 9.70. The maximum Gasteiger partial charge on any atom is 0.325 e. The molecule has 0 aromatic heterocycles. The SMILES string of the molecule is CCCC(NC(=O)CN1C(=O)NC(C)(c2cc(F)ccc2F)C1=O)c1ccccc1. The van der Waals surface area contributed by atoms with E-state index < -0.39 is 41.6 Å². The first-order chi connectivity index (χ1) is 14.3. The number of imide groups is 1. The van der Waals surface area contributed by atoms with Crippen LogP contribution in [0.25, 0.3) is 0 Å². The van der Waals surface area contributed by atoms with Gasteiger partial charge in [0.1, 0.15) is 23.7 Å². The van der Waals surface area contributed by atoms with Gasteiger partial charge in [-0.05, 0) is 37.1 Å². The summed E-state index contributed by atoms with van der Waals surface area (Å²) in [5.41, 5.74) is -1.18. The number of rotatable bonds is 7. The molecule has 0 aliphatic carbocycles. The van der Waals surface area contributed by atoms with Crippen LogP contribution < -0.4 is 10.6 Å². The van der Waals surface area contributed by atoms with Gasteiger partial charge in [-0.1, -0.05) is 43.7 Å². The Hall–Kier alpha value is -3.29. The lowest BCUT2D eigenvalue weighted by molar-refractivity contribution is -0.135. The third-order valence-corrected chi connectivity index (χ3v) is 5.16. The van der Waals surface area contributed by atoms with Gasteiger partial charge >= 0.3 is 6.03 Å². The second-order valence-electron chi connectivity index (χ2n) is 7.39. The Bertz CT molecular complexity index is 967. The number of carbonyl (C=O) groups excluding carboxylic acids is 3. The molecule has 1 saturated heterocycles. The highest BCUT2D eigenvalue weighted by Gasteiger charge is 2.50. The van der Waals surface area contributed by atoms with Crippen LogP contribution in [0.1, 0.15) is 43.9 Å². The molecule has 0 saturated carbocycles. The van der Waals surface area contributed by atoms with Crippen LogP contribution in [0.4, 0.5) is 13.6 Å². The molecule has 4 amide bonds. The molecule has 2 N–H and O–H groups in total. The minimum absolute atomic E-state index is 0.267. The van der Waals surface area contributed by atoms with Gasteiger partial charge in [-0.25, -0.2) is 13.6 Å². The van der Waals surface area contributed by atoms with Crippen LogP contribution in [-0.2, 0) is 15.1 Å². The fourth-order valence-electron chi connectivity index (χ4n) is 3.58. The van der Waals surface area contributed by atoms with E-state index >= 15 is 0 Å². The Morgan fingerprint density at radius 3 is 2.53 bits per heavy atom. The average Bonchev–Trinajstić information content (AvgIpc) is 2.94. The first-order valence-electron chi connectivity index (χ1n) is 9.70. The summed E-state index contributed by atoms with van der Waals surface area (Å²) in [6.45, 7) is 2.75. The molecule has 2 atom stereocenters. The molecule has 30 heavy (non-hydrogen) atoms. The number of carbonyl (C=O) groups is 3. The first kappa shape index (κ1) is 21.4. The fourth-order valence-corrected chi connectivity index (χ4v) is 3.58. The van der Waals surface area contributed by atoms with E-state index in [-0.39, 0.29) is 11.6 Å². The Morgan fingerprint density at radius 2 is 1.87 bits per heavy atom. The summed E-state index contributed by atoms with van der Waals surface area (Å²) in [6.07, 6.45) is 1.50. The summed E-state index contributed by atoms with van der Waals surface area (Å²) in [7, 11) is 0. The van der Waals surface area contributed by atoms with Crippen molar-refractivity contribution in [1.29, 1.82) is 0 Å². The standard InChI is InChI=1S/C22H23F2N3O3/c1-3-7-18(14-8-5-4-6-9-14)25-19(28)13-27-20(29)22(2,26-21(27)30)16-12-15(23)10-11-17(16)24/h4-6,8-12,18H,3,7,13H2,1-2H3,(H,25,28)(H,26,30). The minimum Gasteiger partial charge on any atom is -0.348 e. The molecule has 2 aromatic carbocycles. The predicted molar refractivity (Wildman–Crippen MR) is 106 cm³/mol. The largest absolute Gasteiger partial charge is 0.348 e. The number of nitrogens with zero attached hydrogens (tertiary/aromatic N) is 1. The highest BCUT2D eigenvalue weighted by Crippen LogP contribution is 2.31. The van der Waals surface area contributed by atoms with E-state index in [1.165, 1.54) is 6.92 Å². The van der Waals surface area contributed by atoms with Crippen molar-refractivity contribution in [3.8, 4) is 0 Å². The minimum atomic E-state index is -1.80. The lowest BCUT2D eigenvalue weighted by Gasteiger charge is -2.23. The van der Waals surface area contributed by atoms with E-state index in [1.54, 1.807) is 0 Å². The Balaban J connectivity index is 1.76. The summed E-state index contributed by atoms with van der Waals surface area (Å²) < 4.78 is 27.8. The third kappa shape index (κ3) is 4.17. The van der Waals surface area contributed by atoms with Gasteiger partial charge in [0.2, 0.25) is 5.91 Å². The zero-order valence-electron chi connectivity index (χ0n) is 16.7. The zero-order valence-corrected chi connectivity index (χ0v) is 16.7. The van der Waals surface area contributed by atoms with E-state index in [0.717, 1.165) is 30.2 Å². The van der Waals surface area contributed by atoms with Crippen molar-refractivity contribution < 1.29 is 23.2 Å². The van der Waals surface area contributed by atoms with Gasteiger partial charge in [-0.3, -0.25) is 14.5 Å². The van der Waals surface area contributed by atoms with Crippen LogP contribution in [0.3, 0.4) is 0 Å². The van der Waals surface area contributed by atoms with Crippen LogP contribution in [0, 0.1) is 11.6 Å². The lowest BCUT2D eigenvalue weighted by Crippen LogP contribution is -2.44. The molecule has 1 aliphatic heterocycles. The Kier molecular flexibility index (Phi) is 6.14. The van der Waals surface area contributed by atoms with Gasteiger partial charge in [-0.15, -0.1) is 0 Å². The molecule has 1 fully saturated rings. The monoisotopic (exact) mass is 415 g/mol. The molecule has 0 bridgehead atoms. The summed E-state index contributed by atoms with van der Waals surface area (Å²) >= 11 is 0. The lowest BCUT2D eigenvalue weighted by atomic mass is 9.91. The Morgan fingerprint density at radius 1 is 1.17 bits per heavy atom. The maximum atomic E-state index is 14.2. The number of urea groups is 1. The number of nitrogens with one attached hydrogen (secondary N) is 2. The summed E-state index contributed by atoms with van der Waals surface area (Å²) in [5, 5.41) is 5.22. The highest BCUT2D eigenvalue weighted by atomic mass is 19.1. The highest BCUT2D eigenvalue weighted by molar-refractivity contribution is 6.09. The topological polar surface area (TPSA) is 78.5 Å². The van der Waals surface area contributed by atoms with Gasteiger partial charge in [0.05, 0.1) is 6.04 Å². The van der Waals surface area contributed by atoms with Crippen molar-refractivity contribution in [2.24, 2.45) is 0 Å². The smallest absolute Gasteiger partial charge is 0.325 e. The zero-order chi connectivity index (χ0) is 21.9. The normalized spacial score (nSPS) is 19.5. The molecule has 6 nitrogen and oxygen atoms in total. The molecule has 8 heteroatoms. The van der Waals surface area contributed by atoms with Crippen molar-refractivity contribution in [2.45, 2.75) is 38.3 Å². The average molecular weight is 415 g/mol. The van der Waals surface area contributed by atoms with Crippen LogP contribution >= 0.6 is 0 Å². The fraction of sp³-hybridized carbons (Fsp3) is 0.318. The van der Waals surface area contributed by atoms with Crippen LogP contribution in [0.5, 0.6) is 0 Å². The number of benzene rings is 2. The van der Waals surface area contributed by atoms with Gasteiger partial charge in [0.15, 0.2) is 0 Å². The van der Waals surface area contributed by atoms with E-state index in [4.69, 9.17) is 0 Å². The second-order valence-corrected chi connectivity index (χ2v) is 7.39. The summed E-state index contributed by atoms with van der Waals surface area (Å²) in [4.78, 5) is 38.6. The third-order valence-electron chi connectivity index (χ3n) is 5.16. The van der Waals surface area contributed by atoms with Crippen molar-refractivity contribution in [2.75, 3.05) is 6.54 Å². The van der Waals surface area contributed by atoms with E-state index in [1.807, 2.05) is 37.3 Å². The summed E-state index contributed by atoms with van der Waals surface area (Å²) in [5.74, 6) is -2.91. The maximum absolute atomic E-state index is 14.2. The molecular formula is C22H23F2N3O3. The molecule has 2 aromatic rings. The number of hydrogen-bond donors (Lipinski definition) is 2. The van der Waals surface area contributed by atoms with Gasteiger partial charge in [0, 0.05) is 5.56 Å². The molecule has 0 radical (unpaired) electrons. The predicted octanol–water partition coefficient (Wildman–Crippen LogP) is 3.39. The quantitative estimate of drug-likeness (QED) is 0.681. The van der Waals surface area contributed by atoms with Gasteiger partial charge < -0.3 is 10.6 Å². The van der Waals surface area contributed by atoms with Crippen molar-refractivity contribution in [3.63, 3.8) is 0 Å². The van der Waals surface area contributed by atoms with Gasteiger partial charge in [-0.2, -0.15) is 0 Å². The molecule has 0 spiro atoms. The summed E-state index contributed by atoms with van der Waals surface area (Å²) in [6, 6.07) is 10.9. The van der Waals surface area contributed by atoms with Crippen molar-refractivity contribution in [1.82, 2.24) is 15.5 Å². The molecule has 158 valence electrons. The van der Waals surface area contributed by atoms with Crippen molar-refractivity contribution >= 4 is 17.8 Å². The van der Waals surface area contributed by atoms with Gasteiger partial charge in [0.25, 0.3) is 5.91 Å². The molecular weight excluding hydrogens is 392 g/mol. The van der Waals surface area contributed by atoms with E-state index in [0.29, 0.717) is 11.3 Å². The Labute approximate surface area is 173 Å². The molecule has 2 unspecified atom stereocenters. The molecule has 1 aliphatic rings. The number of amides is 4. The number of halogens is 2. The van der Waals surface area contributed by atoms with E-state index in [9.17, 15) is 23.2 Å². The molecule has 1 heterocycles. The van der Waals surface area contributed by atoms with Crippen LogP contribution in [-0.4, -0.2) is 29.3 Å².